The molecule has 7 heteroatoms. The smallest absolute Gasteiger partial charge is 0.323 e. The van der Waals surface area contributed by atoms with Crippen LogP contribution in [0.1, 0.15) is 44.6 Å². The van der Waals surface area contributed by atoms with Crippen LogP contribution in [0.5, 0.6) is 0 Å². The number of halogens is 1. The van der Waals surface area contributed by atoms with Gasteiger partial charge in [-0.2, -0.15) is 4.98 Å². The summed E-state index contributed by atoms with van der Waals surface area (Å²) >= 11 is 6.01. The molecule has 0 fully saturated rings. The van der Waals surface area contributed by atoms with Crippen LogP contribution < -0.4 is 11.2 Å². The maximum absolute atomic E-state index is 13.1. The molecule has 1 N–H and O–H groups in total. The molecule has 2 aromatic carbocycles. The van der Waals surface area contributed by atoms with E-state index < -0.39 is 0 Å². The van der Waals surface area contributed by atoms with Gasteiger partial charge in [-0.3, -0.25) is 13.9 Å². The number of hydrogen-bond donors (Lipinski definition) is 1. The summed E-state index contributed by atoms with van der Waals surface area (Å²) in [6, 6.07) is 18.9. The molecule has 0 saturated heterocycles. The molecule has 6 nitrogen and oxygen atoms in total. The first-order valence-corrected chi connectivity index (χ1v) is 12.0. The topological polar surface area (TPSA) is 72.7 Å². The van der Waals surface area contributed by atoms with Gasteiger partial charge in [0.2, 0.25) is 5.28 Å². The number of rotatable bonds is 10. The van der Waals surface area contributed by atoms with Crippen LogP contribution in [0.4, 0.5) is 0 Å². The van der Waals surface area contributed by atoms with Gasteiger partial charge < -0.3 is 4.98 Å². The minimum atomic E-state index is -0.353. The number of aromatic amines is 1. The van der Waals surface area contributed by atoms with Crippen LogP contribution in [0.3, 0.4) is 0 Å². The second-order valence-corrected chi connectivity index (χ2v) is 8.70. The van der Waals surface area contributed by atoms with Gasteiger partial charge >= 0.3 is 5.69 Å². The number of hydrogen-bond acceptors (Lipinski definition) is 3. The lowest BCUT2D eigenvalue weighted by atomic mass is 10.0. The van der Waals surface area contributed by atoms with E-state index in [-0.39, 0.29) is 16.5 Å². The summed E-state index contributed by atoms with van der Waals surface area (Å²) in [7, 11) is 0. The van der Waals surface area contributed by atoms with Crippen molar-refractivity contribution in [2.75, 3.05) is 0 Å². The second-order valence-electron chi connectivity index (χ2n) is 8.34. The fourth-order valence-corrected chi connectivity index (χ4v) is 4.33. The predicted molar refractivity (Wildman–Crippen MR) is 134 cm³/mol. The Hall–Kier alpha value is -3.12. The Kier molecular flexibility index (Phi) is 7.45. The van der Waals surface area contributed by atoms with Gasteiger partial charge in [0.15, 0.2) is 11.2 Å². The first-order valence-electron chi connectivity index (χ1n) is 11.6. The number of nitrogens with one attached hydrogen (secondary N) is 1. The van der Waals surface area contributed by atoms with Gasteiger partial charge in [-0.15, -0.1) is 0 Å². The highest BCUT2D eigenvalue weighted by Crippen LogP contribution is 2.20. The maximum atomic E-state index is 13.1. The Balaban J connectivity index is 1.44. The van der Waals surface area contributed by atoms with Gasteiger partial charge in [-0.25, -0.2) is 4.79 Å². The number of nitrogens with zero attached hydrogens (tertiary/aromatic N) is 3. The molecule has 0 aliphatic heterocycles. The number of imidazole rings is 1. The molecule has 0 aliphatic rings. The third-order valence-corrected chi connectivity index (χ3v) is 6.15. The molecule has 4 aromatic rings. The van der Waals surface area contributed by atoms with Crippen LogP contribution in [0.2, 0.25) is 5.28 Å². The predicted octanol–water partition coefficient (Wildman–Crippen LogP) is 5.42. The van der Waals surface area contributed by atoms with E-state index in [9.17, 15) is 9.59 Å². The van der Waals surface area contributed by atoms with E-state index in [1.54, 1.807) is 4.57 Å². The zero-order valence-corrected chi connectivity index (χ0v) is 19.6. The van der Waals surface area contributed by atoms with Gasteiger partial charge in [0, 0.05) is 13.1 Å². The van der Waals surface area contributed by atoms with Gasteiger partial charge in [-0.05, 0) is 54.0 Å². The Bertz CT molecular complexity index is 1320. The largest absolute Gasteiger partial charge is 0.332 e. The van der Waals surface area contributed by atoms with E-state index in [1.807, 2.05) is 18.2 Å². The summed E-state index contributed by atoms with van der Waals surface area (Å²) < 4.78 is 2.90. The quantitative estimate of drug-likeness (QED) is 0.251. The summed E-state index contributed by atoms with van der Waals surface area (Å²) in [6.45, 7) is 3.01. The van der Waals surface area contributed by atoms with Crippen molar-refractivity contribution in [1.82, 2.24) is 19.1 Å². The molecule has 172 valence electrons. The highest BCUT2D eigenvalue weighted by molar-refractivity contribution is 6.28. The van der Waals surface area contributed by atoms with Gasteiger partial charge in [0.1, 0.15) is 0 Å². The minimum absolute atomic E-state index is 0.127. The van der Waals surface area contributed by atoms with Crippen molar-refractivity contribution in [2.24, 2.45) is 0 Å². The SMILES string of the molecule is CCCCCn1c(=O)n(CCCCc2ccc(-c3ccccc3)cc2)c(=O)c2[nH]c(Cl)nc21. The molecule has 2 heterocycles. The summed E-state index contributed by atoms with van der Waals surface area (Å²) in [4.78, 5) is 33.0. The number of aromatic nitrogens is 4. The molecule has 4 rings (SSSR count). The Morgan fingerprint density at radius 2 is 1.52 bits per heavy atom. The standard InChI is InChI=1S/C26H29ClN4O2/c1-2-3-8-17-30-23-22(28-25(27)29-23)24(32)31(26(30)33)18-9-7-10-19-13-15-21(16-14-19)20-11-5-4-6-12-20/h4-6,11-16H,2-3,7-10,17-18H2,1H3,(H,28,29). The third kappa shape index (κ3) is 5.28. The molecule has 0 radical (unpaired) electrons. The van der Waals surface area contributed by atoms with Crippen LogP contribution in [-0.4, -0.2) is 19.1 Å². The zero-order chi connectivity index (χ0) is 23.2. The molecule has 2 aromatic heterocycles. The first-order chi connectivity index (χ1) is 16.1. The Morgan fingerprint density at radius 1 is 0.848 bits per heavy atom. The summed E-state index contributed by atoms with van der Waals surface area (Å²) in [5.74, 6) is 0. The number of benzene rings is 2. The van der Waals surface area contributed by atoms with Crippen LogP contribution in [0.25, 0.3) is 22.3 Å². The lowest BCUT2D eigenvalue weighted by Gasteiger charge is -2.11. The van der Waals surface area contributed by atoms with E-state index in [2.05, 4.69) is 53.3 Å². The highest BCUT2D eigenvalue weighted by atomic mass is 35.5. The summed E-state index contributed by atoms with van der Waals surface area (Å²) in [5.41, 5.74) is 3.63. The highest BCUT2D eigenvalue weighted by Gasteiger charge is 2.16. The molecule has 0 aliphatic carbocycles. The number of unbranched alkanes of at least 4 members (excludes halogenated alkanes) is 3. The zero-order valence-electron chi connectivity index (χ0n) is 18.9. The fraction of sp³-hybridized carbons (Fsp3) is 0.346. The number of aryl methyl sites for hydroxylation is 2. The van der Waals surface area contributed by atoms with Crippen molar-refractivity contribution >= 4 is 22.8 Å². The van der Waals surface area contributed by atoms with Crippen LogP contribution in [0.15, 0.2) is 64.2 Å². The van der Waals surface area contributed by atoms with Gasteiger partial charge in [0.25, 0.3) is 5.56 Å². The molecular weight excluding hydrogens is 436 g/mol. The molecule has 33 heavy (non-hydrogen) atoms. The Morgan fingerprint density at radius 3 is 2.24 bits per heavy atom. The van der Waals surface area contributed by atoms with Gasteiger partial charge in [0.05, 0.1) is 0 Å². The van der Waals surface area contributed by atoms with Crippen molar-refractivity contribution in [3.63, 3.8) is 0 Å². The van der Waals surface area contributed by atoms with Crippen LogP contribution in [0, 0.1) is 0 Å². The molecule has 0 amide bonds. The van der Waals surface area contributed by atoms with E-state index >= 15 is 0 Å². The lowest BCUT2D eigenvalue weighted by Crippen LogP contribution is -2.40. The third-order valence-electron chi connectivity index (χ3n) is 5.98. The minimum Gasteiger partial charge on any atom is -0.323 e. The van der Waals surface area contributed by atoms with E-state index in [1.165, 1.54) is 21.3 Å². The molecule has 0 saturated carbocycles. The molecular formula is C26H29ClN4O2. The van der Waals surface area contributed by atoms with Crippen molar-refractivity contribution in [1.29, 1.82) is 0 Å². The first kappa shape index (κ1) is 23.1. The monoisotopic (exact) mass is 464 g/mol. The molecule has 0 bridgehead atoms. The van der Waals surface area contributed by atoms with Crippen LogP contribution >= 0.6 is 11.6 Å². The second kappa shape index (κ2) is 10.7. The molecule has 0 atom stereocenters. The average Bonchev–Trinajstić information content (AvgIpc) is 3.23. The summed E-state index contributed by atoms with van der Waals surface area (Å²) in [5, 5.41) is 0.127. The van der Waals surface area contributed by atoms with Gasteiger partial charge in [-0.1, -0.05) is 74.4 Å². The van der Waals surface area contributed by atoms with Crippen molar-refractivity contribution in [2.45, 2.75) is 58.5 Å². The summed E-state index contributed by atoms with van der Waals surface area (Å²) in [6.07, 6.45) is 5.42. The van der Waals surface area contributed by atoms with E-state index in [0.717, 1.165) is 38.5 Å². The maximum Gasteiger partial charge on any atom is 0.332 e. The van der Waals surface area contributed by atoms with Crippen molar-refractivity contribution in [3.8, 4) is 11.1 Å². The number of H-pyrrole nitrogens is 1. The fourth-order valence-electron chi connectivity index (χ4n) is 4.15. The van der Waals surface area contributed by atoms with Crippen molar-refractivity contribution < 1.29 is 0 Å². The average molecular weight is 465 g/mol. The van der Waals surface area contributed by atoms with E-state index in [0.29, 0.717) is 24.3 Å². The number of fused-ring (bicyclic) bond motifs is 1. The van der Waals surface area contributed by atoms with Crippen LogP contribution in [-0.2, 0) is 19.5 Å². The lowest BCUT2D eigenvalue weighted by molar-refractivity contribution is 0.518. The van der Waals surface area contributed by atoms with E-state index in [4.69, 9.17) is 11.6 Å². The molecule has 0 unspecified atom stereocenters. The Labute approximate surface area is 197 Å². The normalized spacial score (nSPS) is 11.3. The van der Waals surface area contributed by atoms with Crippen molar-refractivity contribution in [3.05, 3.63) is 86.3 Å². The molecule has 0 spiro atoms.